The summed E-state index contributed by atoms with van der Waals surface area (Å²) in [5, 5.41) is 11.4. The number of rotatable bonds is 2. The second-order valence-corrected chi connectivity index (χ2v) is 6.06. The summed E-state index contributed by atoms with van der Waals surface area (Å²) in [6.07, 6.45) is -0.160. The maximum Gasteiger partial charge on any atom is 0.271 e. The fourth-order valence-electron chi connectivity index (χ4n) is 0.790. The number of carbonyl (C=O) groups excluding carboxylic acids is 1. The Morgan fingerprint density at radius 3 is 2.56 bits per heavy atom. The monoisotopic (exact) mass is 346 g/mol. The van der Waals surface area contributed by atoms with Gasteiger partial charge in [0.05, 0.1) is 0 Å². The summed E-state index contributed by atoms with van der Waals surface area (Å²) in [6.45, 7) is 0. The number of amides is 1. The Bertz CT molecular complexity index is 380. The first kappa shape index (κ1) is 14.0. The van der Waals surface area contributed by atoms with E-state index in [2.05, 4.69) is 26.2 Å². The number of nitrogens with one attached hydrogen (secondary N) is 1. The van der Waals surface area contributed by atoms with Crippen LogP contribution in [0.3, 0.4) is 0 Å². The summed E-state index contributed by atoms with van der Waals surface area (Å²) < 4.78 is -1.25. The van der Waals surface area contributed by atoms with E-state index in [1.54, 1.807) is 6.07 Å². The minimum Gasteiger partial charge on any atom is -0.369 e. The van der Waals surface area contributed by atoms with Crippen molar-refractivity contribution in [1.29, 1.82) is 0 Å². The van der Waals surface area contributed by atoms with Crippen LogP contribution in [-0.4, -0.2) is 26.0 Å². The molecule has 2 N–H and O–H groups in total. The number of alkyl halides is 3. The lowest BCUT2D eigenvalue weighted by atomic mass is 10.3. The second-order valence-electron chi connectivity index (χ2n) is 2.78. The minimum absolute atomic E-state index is 0.108. The number of aliphatic hydroxyl groups is 1. The van der Waals surface area contributed by atoms with Crippen LogP contribution in [0.5, 0.6) is 0 Å². The fraction of sp³-hybridized carbons (Fsp3) is 0.250. The van der Waals surface area contributed by atoms with Crippen LogP contribution in [0, 0.1) is 0 Å². The van der Waals surface area contributed by atoms with Crippen molar-refractivity contribution < 1.29 is 9.90 Å². The third-order valence-corrected chi connectivity index (χ3v) is 2.63. The van der Waals surface area contributed by atoms with Gasteiger partial charge in [0.25, 0.3) is 5.91 Å². The van der Waals surface area contributed by atoms with Crippen molar-refractivity contribution in [3.63, 3.8) is 0 Å². The molecule has 88 valence electrons. The lowest BCUT2D eigenvalue weighted by molar-refractivity contribution is 0.0786. The van der Waals surface area contributed by atoms with Crippen molar-refractivity contribution in [2.75, 3.05) is 0 Å². The lowest BCUT2D eigenvalue weighted by Gasteiger charge is -2.19. The maximum absolute atomic E-state index is 11.5. The van der Waals surface area contributed by atoms with Gasteiger partial charge >= 0.3 is 0 Å². The van der Waals surface area contributed by atoms with Crippen molar-refractivity contribution in [2.24, 2.45) is 0 Å². The van der Waals surface area contributed by atoms with Gasteiger partial charge in [-0.3, -0.25) is 4.79 Å². The summed E-state index contributed by atoms with van der Waals surface area (Å²) in [6, 6.07) is 3.09. The molecule has 0 bridgehead atoms. The Hall–Kier alpha value is -0.0700. The van der Waals surface area contributed by atoms with Gasteiger partial charge in [0.1, 0.15) is 5.69 Å². The molecule has 1 unspecified atom stereocenters. The van der Waals surface area contributed by atoms with Gasteiger partial charge in [0.2, 0.25) is 3.79 Å². The number of hydrogen-bond donors (Lipinski definition) is 2. The van der Waals surface area contributed by atoms with Crippen molar-refractivity contribution in [1.82, 2.24) is 10.3 Å². The van der Waals surface area contributed by atoms with E-state index in [4.69, 9.17) is 34.8 Å². The molecule has 1 aromatic rings. The Morgan fingerprint density at radius 2 is 2.12 bits per heavy atom. The van der Waals surface area contributed by atoms with Crippen molar-refractivity contribution in [3.8, 4) is 0 Å². The predicted octanol–water partition coefficient (Wildman–Crippen LogP) is 2.26. The molecule has 0 aliphatic rings. The van der Waals surface area contributed by atoms with Crippen molar-refractivity contribution in [2.45, 2.75) is 10.0 Å². The molecule has 8 heteroatoms. The largest absolute Gasteiger partial charge is 0.369 e. The van der Waals surface area contributed by atoms with E-state index < -0.39 is 15.9 Å². The fourth-order valence-corrected chi connectivity index (χ4v) is 1.19. The highest BCUT2D eigenvalue weighted by Gasteiger charge is 2.32. The number of nitrogens with zero attached hydrogens (tertiary/aromatic N) is 1. The van der Waals surface area contributed by atoms with E-state index in [1.165, 1.54) is 12.3 Å². The number of hydrogen-bond acceptors (Lipinski definition) is 3. The van der Waals surface area contributed by atoms with Crippen molar-refractivity contribution >= 4 is 56.6 Å². The molecule has 1 aromatic heterocycles. The number of pyridine rings is 1. The van der Waals surface area contributed by atoms with Gasteiger partial charge in [-0.1, -0.05) is 34.8 Å². The van der Waals surface area contributed by atoms with Gasteiger partial charge in [-0.15, -0.1) is 0 Å². The summed E-state index contributed by atoms with van der Waals surface area (Å²) in [5.74, 6) is -0.633. The van der Waals surface area contributed by atoms with Crippen LogP contribution in [0.2, 0.25) is 0 Å². The van der Waals surface area contributed by atoms with Crippen molar-refractivity contribution in [3.05, 3.63) is 28.5 Å². The smallest absolute Gasteiger partial charge is 0.271 e. The van der Waals surface area contributed by atoms with Gasteiger partial charge in [-0.05, 0) is 28.1 Å². The third-order valence-electron chi connectivity index (χ3n) is 1.54. The zero-order valence-corrected chi connectivity index (χ0v) is 11.5. The molecular weight excluding hydrogens is 342 g/mol. The van der Waals surface area contributed by atoms with Gasteiger partial charge in [0.15, 0.2) is 6.23 Å². The molecule has 0 saturated carbocycles. The summed E-state index contributed by atoms with van der Waals surface area (Å²) >= 11 is 19.3. The molecule has 1 heterocycles. The second kappa shape index (κ2) is 5.51. The highest BCUT2D eigenvalue weighted by Crippen LogP contribution is 2.28. The van der Waals surface area contributed by atoms with E-state index in [0.717, 1.165) is 4.47 Å². The molecule has 1 atom stereocenters. The Labute approximate surface area is 115 Å². The Balaban J connectivity index is 2.70. The number of aromatic nitrogens is 1. The van der Waals surface area contributed by atoms with E-state index in [0.29, 0.717) is 0 Å². The molecule has 0 fully saturated rings. The van der Waals surface area contributed by atoms with Crippen LogP contribution >= 0.6 is 50.7 Å². The standard InChI is InChI=1S/C8H6BrCl3N2O2/c9-4-1-2-5(13-3-4)6(15)14-7(16)8(10,11)12/h1-3,7,16H,(H,14,15). The first-order valence-electron chi connectivity index (χ1n) is 3.98. The van der Waals surface area contributed by atoms with E-state index in [-0.39, 0.29) is 5.69 Å². The van der Waals surface area contributed by atoms with Crippen LogP contribution in [0.1, 0.15) is 10.5 Å². The van der Waals surface area contributed by atoms with E-state index >= 15 is 0 Å². The van der Waals surface area contributed by atoms with Crippen LogP contribution in [0.25, 0.3) is 0 Å². The average Bonchev–Trinajstić information content (AvgIpc) is 2.17. The number of aliphatic hydroxyl groups excluding tert-OH is 1. The molecule has 1 amide bonds. The molecule has 0 aromatic carbocycles. The number of halogens is 4. The quantitative estimate of drug-likeness (QED) is 0.637. The van der Waals surface area contributed by atoms with E-state index in [1.807, 2.05) is 0 Å². The van der Waals surface area contributed by atoms with Crippen LogP contribution in [0.15, 0.2) is 22.8 Å². The zero-order chi connectivity index (χ0) is 12.3. The third kappa shape index (κ3) is 4.07. The van der Waals surface area contributed by atoms with Gasteiger partial charge in [-0.25, -0.2) is 4.98 Å². The Kier molecular flexibility index (Phi) is 4.82. The number of carbonyl (C=O) groups is 1. The highest BCUT2D eigenvalue weighted by atomic mass is 79.9. The van der Waals surface area contributed by atoms with Crippen LogP contribution in [0.4, 0.5) is 0 Å². The molecule has 1 rings (SSSR count). The average molecular weight is 348 g/mol. The summed E-state index contributed by atoms with van der Waals surface area (Å²) in [4.78, 5) is 15.3. The lowest BCUT2D eigenvalue weighted by Crippen LogP contribution is -2.43. The van der Waals surface area contributed by atoms with Gasteiger partial charge in [-0.2, -0.15) is 0 Å². The molecule has 4 nitrogen and oxygen atoms in total. The first-order chi connectivity index (χ1) is 7.30. The summed E-state index contributed by atoms with van der Waals surface area (Å²) in [5.41, 5.74) is 0.108. The first-order valence-corrected chi connectivity index (χ1v) is 5.90. The van der Waals surface area contributed by atoms with Gasteiger partial charge in [0, 0.05) is 10.7 Å². The maximum atomic E-state index is 11.5. The topological polar surface area (TPSA) is 62.2 Å². The Morgan fingerprint density at radius 1 is 1.50 bits per heavy atom. The molecule has 0 radical (unpaired) electrons. The molecule has 0 saturated heterocycles. The zero-order valence-electron chi connectivity index (χ0n) is 7.62. The summed E-state index contributed by atoms with van der Waals surface area (Å²) in [7, 11) is 0. The molecule has 16 heavy (non-hydrogen) atoms. The van der Waals surface area contributed by atoms with Gasteiger partial charge < -0.3 is 10.4 Å². The normalized spacial score (nSPS) is 13.3. The molecule has 0 aliphatic carbocycles. The van der Waals surface area contributed by atoms with Crippen LogP contribution in [-0.2, 0) is 0 Å². The SMILES string of the molecule is O=C(NC(O)C(Cl)(Cl)Cl)c1ccc(Br)cn1. The minimum atomic E-state index is -1.98. The molecule has 0 aliphatic heterocycles. The van der Waals surface area contributed by atoms with E-state index in [9.17, 15) is 9.90 Å². The molecule has 0 spiro atoms. The van der Waals surface area contributed by atoms with Crippen LogP contribution < -0.4 is 5.32 Å². The highest BCUT2D eigenvalue weighted by molar-refractivity contribution is 9.10. The predicted molar refractivity (Wildman–Crippen MR) is 65.7 cm³/mol. The molecular formula is C8H6BrCl3N2O2.